The van der Waals surface area contributed by atoms with Crippen molar-refractivity contribution in [2.75, 3.05) is 35.5 Å². The molecule has 7 nitrogen and oxygen atoms in total. The van der Waals surface area contributed by atoms with E-state index in [2.05, 4.69) is 13.8 Å². The van der Waals surface area contributed by atoms with Crippen LogP contribution in [0.3, 0.4) is 0 Å². The van der Waals surface area contributed by atoms with Crippen LogP contribution >= 0.6 is 0 Å². The van der Waals surface area contributed by atoms with Gasteiger partial charge >= 0.3 is 0 Å². The molecular formula is C23H30O7. The maximum absolute atomic E-state index is 10.7. The lowest BCUT2D eigenvalue weighted by atomic mass is 9.76. The minimum Gasteiger partial charge on any atom is -0.504 e. The number of methoxy groups -OCH3 is 5. The fourth-order valence-electron chi connectivity index (χ4n) is 4.48. The van der Waals surface area contributed by atoms with Gasteiger partial charge in [-0.3, -0.25) is 0 Å². The van der Waals surface area contributed by atoms with Crippen LogP contribution in [0.4, 0.5) is 0 Å². The van der Waals surface area contributed by atoms with Gasteiger partial charge in [-0.15, -0.1) is 0 Å². The molecule has 3 atom stereocenters. The van der Waals surface area contributed by atoms with Gasteiger partial charge in [-0.05, 0) is 41.5 Å². The van der Waals surface area contributed by atoms with E-state index in [4.69, 9.17) is 23.7 Å². The summed E-state index contributed by atoms with van der Waals surface area (Å²) < 4.78 is 28.3. The summed E-state index contributed by atoms with van der Waals surface area (Å²) in [7, 11) is 7.66. The topological polar surface area (TPSA) is 86.6 Å². The zero-order chi connectivity index (χ0) is 22.2. The molecule has 0 heterocycles. The molecule has 0 aromatic heterocycles. The molecule has 0 saturated heterocycles. The van der Waals surface area contributed by atoms with E-state index in [1.807, 2.05) is 0 Å². The zero-order valence-electron chi connectivity index (χ0n) is 18.5. The van der Waals surface area contributed by atoms with Gasteiger partial charge in [-0.1, -0.05) is 13.8 Å². The third kappa shape index (κ3) is 3.27. The second kappa shape index (κ2) is 8.52. The van der Waals surface area contributed by atoms with Crippen LogP contribution in [0, 0.1) is 11.8 Å². The first-order chi connectivity index (χ1) is 14.3. The van der Waals surface area contributed by atoms with Gasteiger partial charge in [0.1, 0.15) is 0 Å². The van der Waals surface area contributed by atoms with E-state index in [1.165, 1.54) is 28.4 Å². The van der Waals surface area contributed by atoms with E-state index >= 15 is 0 Å². The standard InChI is InChI=1S/C23H30O7/c1-11-8-13-9-15(24)20(27-4)22(29-6)17(13)18-14(19(26-3)12(11)2)10-16(25)21(28-5)23(18)30-7/h9-12,19,24-25H,8H2,1-7H3. The van der Waals surface area contributed by atoms with E-state index in [0.29, 0.717) is 23.5 Å². The highest BCUT2D eigenvalue weighted by atomic mass is 16.5. The molecule has 30 heavy (non-hydrogen) atoms. The van der Waals surface area contributed by atoms with E-state index < -0.39 is 0 Å². The number of rotatable bonds is 5. The van der Waals surface area contributed by atoms with Crippen LogP contribution in [0.5, 0.6) is 34.5 Å². The summed E-state index contributed by atoms with van der Waals surface area (Å²) >= 11 is 0. The van der Waals surface area contributed by atoms with Crippen molar-refractivity contribution in [3.05, 3.63) is 23.3 Å². The lowest BCUT2D eigenvalue weighted by molar-refractivity contribution is 0.0361. The summed E-state index contributed by atoms with van der Waals surface area (Å²) in [6.07, 6.45) is 0.370. The van der Waals surface area contributed by atoms with Crippen LogP contribution in [-0.4, -0.2) is 45.8 Å². The van der Waals surface area contributed by atoms with Crippen LogP contribution < -0.4 is 18.9 Å². The molecule has 1 aliphatic carbocycles. The number of ether oxygens (including phenoxy) is 5. The SMILES string of the molecule is COc1c(O)cc2c(c1OC)-c1c(cc(O)c(OC)c1OC)C(OC)C(C)C(C)C2. The largest absolute Gasteiger partial charge is 0.504 e. The lowest BCUT2D eigenvalue weighted by Gasteiger charge is -2.35. The fourth-order valence-corrected chi connectivity index (χ4v) is 4.48. The van der Waals surface area contributed by atoms with Crippen LogP contribution in [-0.2, 0) is 11.2 Å². The Morgan fingerprint density at radius 2 is 1.23 bits per heavy atom. The molecule has 2 aromatic rings. The molecular weight excluding hydrogens is 388 g/mol. The predicted molar refractivity (Wildman–Crippen MR) is 113 cm³/mol. The van der Waals surface area contributed by atoms with Gasteiger partial charge in [-0.25, -0.2) is 0 Å². The molecule has 0 saturated carbocycles. The summed E-state index contributed by atoms with van der Waals surface area (Å²) in [5.74, 6) is 1.49. The Bertz CT molecular complexity index is 938. The molecule has 0 spiro atoms. The van der Waals surface area contributed by atoms with Gasteiger partial charge < -0.3 is 33.9 Å². The minimum atomic E-state index is -0.307. The number of phenols is 2. The number of aromatic hydroxyl groups is 2. The minimum absolute atomic E-state index is 0.00285. The number of hydrogen-bond acceptors (Lipinski definition) is 7. The number of hydrogen-bond donors (Lipinski definition) is 2. The molecule has 3 unspecified atom stereocenters. The molecule has 0 aliphatic heterocycles. The maximum Gasteiger partial charge on any atom is 0.203 e. The smallest absolute Gasteiger partial charge is 0.203 e. The Balaban J connectivity index is 2.56. The highest BCUT2D eigenvalue weighted by Crippen LogP contribution is 2.57. The van der Waals surface area contributed by atoms with E-state index in [0.717, 1.165) is 16.7 Å². The maximum atomic E-state index is 10.7. The van der Waals surface area contributed by atoms with Crippen molar-refractivity contribution in [3.63, 3.8) is 0 Å². The van der Waals surface area contributed by atoms with Crippen LogP contribution in [0.25, 0.3) is 11.1 Å². The Kier molecular flexibility index (Phi) is 6.22. The molecule has 0 amide bonds. The van der Waals surface area contributed by atoms with Crippen LogP contribution in [0.2, 0.25) is 0 Å². The summed E-state index contributed by atoms with van der Waals surface area (Å²) in [4.78, 5) is 0. The van der Waals surface area contributed by atoms with Gasteiger partial charge in [0.15, 0.2) is 23.0 Å². The Morgan fingerprint density at radius 3 is 1.73 bits per heavy atom. The van der Waals surface area contributed by atoms with Gasteiger partial charge in [0.25, 0.3) is 0 Å². The molecule has 0 fully saturated rings. The second-order valence-corrected chi connectivity index (χ2v) is 7.62. The van der Waals surface area contributed by atoms with Crippen molar-refractivity contribution in [1.29, 1.82) is 0 Å². The normalized spacial score (nSPS) is 20.4. The Hall–Kier alpha value is -2.80. The van der Waals surface area contributed by atoms with E-state index in [-0.39, 0.29) is 40.9 Å². The van der Waals surface area contributed by atoms with Crippen molar-refractivity contribution in [1.82, 2.24) is 0 Å². The predicted octanol–water partition coefficient (Wildman–Crippen LogP) is 4.32. The van der Waals surface area contributed by atoms with Crippen molar-refractivity contribution in [2.45, 2.75) is 26.4 Å². The summed E-state index contributed by atoms with van der Waals surface area (Å²) in [6.45, 7) is 4.25. The van der Waals surface area contributed by atoms with Crippen molar-refractivity contribution in [2.24, 2.45) is 11.8 Å². The first-order valence-corrected chi connectivity index (χ1v) is 9.82. The van der Waals surface area contributed by atoms with Crippen LogP contribution in [0.1, 0.15) is 31.1 Å². The van der Waals surface area contributed by atoms with Gasteiger partial charge in [0, 0.05) is 18.2 Å². The summed E-state index contributed by atoms with van der Waals surface area (Å²) in [5, 5.41) is 21.3. The van der Waals surface area contributed by atoms with Crippen molar-refractivity contribution < 1.29 is 33.9 Å². The first-order valence-electron chi connectivity index (χ1n) is 9.82. The Labute approximate surface area is 177 Å². The quantitative estimate of drug-likeness (QED) is 0.748. The Morgan fingerprint density at radius 1 is 0.733 bits per heavy atom. The third-order valence-electron chi connectivity index (χ3n) is 6.09. The van der Waals surface area contributed by atoms with E-state index in [9.17, 15) is 10.2 Å². The molecule has 164 valence electrons. The molecule has 0 radical (unpaired) electrons. The molecule has 3 rings (SSSR count). The fraction of sp³-hybridized carbons (Fsp3) is 0.478. The number of phenolic OH excluding ortho intramolecular Hbond substituents is 2. The van der Waals surface area contributed by atoms with Gasteiger partial charge in [-0.2, -0.15) is 0 Å². The molecule has 1 aliphatic rings. The first kappa shape index (κ1) is 21.9. The highest BCUT2D eigenvalue weighted by Gasteiger charge is 2.37. The number of fused-ring (bicyclic) bond motifs is 3. The summed E-state index contributed by atoms with van der Waals surface area (Å²) in [6, 6.07) is 3.36. The second-order valence-electron chi connectivity index (χ2n) is 7.62. The third-order valence-corrected chi connectivity index (χ3v) is 6.09. The lowest BCUT2D eigenvalue weighted by Crippen LogP contribution is -2.24. The van der Waals surface area contributed by atoms with Crippen LogP contribution in [0.15, 0.2) is 12.1 Å². The molecule has 7 heteroatoms. The van der Waals surface area contributed by atoms with Crippen molar-refractivity contribution in [3.8, 4) is 45.6 Å². The molecule has 0 bridgehead atoms. The average molecular weight is 418 g/mol. The van der Waals surface area contributed by atoms with Crippen molar-refractivity contribution >= 4 is 0 Å². The highest BCUT2D eigenvalue weighted by molar-refractivity contribution is 5.88. The average Bonchev–Trinajstić information content (AvgIpc) is 2.72. The van der Waals surface area contributed by atoms with E-state index in [1.54, 1.807) is 19.2 Å². The summed E-state index contributed by atoms with van der Waals surface area (Å²) in [5.41, 5.74) is 3.03. The number of benzene rings is 2. The molecule has 2 aromatic carbocycles. The molecule has 2 N–H and O–H groups in total. The zero-order valence-corrected chi connectivity index (χ0v) is 18.5. The monoisotopic (exact) mass is 418 g/mol. The van der Waals surface area contributed by atoms with Gasteiger partial charge in [0.05, 0.1) is 34.5 Å². The van der Waals surface area contributed by atoms with Gasteiger partial charge in [0.2, 0.25) is 11.5 Å².